The fourth-order valence-corrected chi connectivity index (χ4v) is 1.93. The zero-order chi connectivity index (χ0) is 12.8. The summed E-state index contributed by atoms with van der Waals surface area (Å²) in [5.41, 5.74) is 5.75. The molecule has 0 radical (unpaired) electrons. The fourth-order valence-electron chi connectivity index (χ4n) is 1.35. The highest BCUT2D eigenvalue weighted by molar-refractivity contribution is 7.98. The lowest BCUT2D eigenvalue weighted by atomic mass is 10.2. The van der Waals surface area contributed by atoms with Gasteiger partial charge in [0.05, 0.1) is 12.4 Å². The first-order chi connectivity index (χ1) is 8.06. The Morgan fingerprint density at radius 1 is 1.53 bits per heavy atom. The second-order valence-corrected chi connectivity index (χ2v) is 4.90. The average molecular weight is 253 g/mol. The normalized spacial score (nSPS) is 12.2. The predicted octanol–water partition coefficient (Wildman–Crippen LogP) is 1.34. The van der Waals surface area contributed by atoms with Gasteiger partial charge in [-0.2, -0.15) is 11.8 Å². The van der Waals surface area contributed by atoms with Crippen molar-refractivity contribution in [1.82, 2.24) is 9.97 Å². The van der Waals surface area contributed by atoms with Gasteiger partial charge in [0.15, 0.2) is 0 Å². The smallest absolute Gasteiger partial charge is 0.147 e. The third-order valence-corrected chi connectivity index (χ3v) is 3.32. The van der Waals surface area contributed by atoms with E-state index in [-0.39, 0.29) is 5.84 Å². The number of hydrogen-bond acceptors (Lipinski definition) is 5. The number of nitrogens with one attached hydrogen (secondary N) is 1. The molecular weight excluding hydrogens is 234 g/mol. The van der Waals surface area contributed by atoms with Gasteiger partial charge in [0.1, 0.15) is 17.3 Å². The molecular formula is C11H19N5S. The molecule has 0 amide bonds. The van der Waals surface area contributed by atoms with Crippen molar-refractivity contribution in [2.45, 2.75) is 19.4 Å². The van der Waals surface area contributed by atoms with Gasteiger partial charge in [0.2, 0.25) is 0 Å². The maximum atomic E-state index is 7.25. The van der Waals surface area contributed by atoms with Gasteiger partial charge in [-0.15, -0.1) is 0 Å². The van der Waals surface area contributed by atoms with Crippen LogP contribution in [-0.2, 0) is 0 Å². The van der Waals surface area contributed by atoms with Crippen molar-refractivity contribution in [2.75, 3.05) is 24.0 Å². The van der Waals surface area contributed by atoms with Crippen molar-refractivity contribution >= 4 is 23.4 Å². The van der Waals surface area contributed by atoms with E-state index in [2.05, 4.69) is 28.0 Å². The van der Waals surface area contributed by atoms with E-state index in [4.69, 9.17) is 11.1 Å². The van der Waals surface area contributed by atoms with Crippen LogP contribution in [0, 0.1) is 5.41 Å². The summed E-state index contributed by atoms with van der Waals surface area (Å²) in [6.07, 6.45) is 6.41. The Hall–Kier alpha value is -1.30. The van der Waals surface area contributed by atoms with Crippen molar-refractivity contribution in [3.05, 3.63) is 18.1 Å². The first-order valence-electron chi connectivity index (χ1n) is 5.44. The third kappa shape index (κ3) is 3.89. The highest BCUT2D eigenvalue weighted by Gasteiger charge is 2.11. The van der Waals surface area contributed by atoms with Gasteiger partial charge in [-0.05, 0) is 25.4 Å². The fraction of sp³-hybridized carbons (Fsp3) is 0.545. The predicted molar refractivity (Wildman–Crippen MR) is 73.9 cm³/mol. The topological polar surface area (TPSA) is 78.9 Å². The molecule has 0 saturated heterocycles. The lowest BCUT2D eigenvalue weighted by Crippen LogP contribution is -2.30. The van der Waals surface area contributed by atoms with E-state index in [1.807, 2.05) is 18.8 Å². The van der Waals surface area contributed by atoms with E-state index in [9.17, 15) is 0 Å². The molecule has 0 aromatic carbocycles. The lowest BCUT2D eigenvalue weighted by molar-refractivity contribution is 0.660. The van der Waals surface area contributed by atoms with Crippen molar-refractivity contribution in [1.29, 1.82) is 5.41 Å². The number of amidine groups is 1. The number of aromatic nitrogens is 2. The maximum absolute atomic E-state index is 7.25. The molecule has 1 aromatic rings. The van der Waals surface area contributed by atoms with E-state index >= 15 is 0 Å². The van der Waals surface area contributed by atoms with Gasteiger partial charge in [0, 0.05) is 13.1 Å². The molecule has 5 nitrogen and oxygen atoms in total. The van der Waals surface area contributed by atoms with Crippen LogP contribution in [0.5, 0.6) is 0 Å². The summed E-state index contributed by atoms with van der Waals surface area (Å²) >= 11 is 1.84. The number of nitrogens with two attached hydrogens (primary N) is 1. The molecule has 17 heavy (non-hydrogen) atoms. The number of rotatable bonds is 6. The van der Waals surface area contributed by atoms with E-state index in [0.29, 0.717) is 11.7 Å². The number of anilines is 1. The number of hydrogen-bond donors (Lipinski definition) is 2. The maximum Gasteiger partial charge on any atom is 0.147 e. The number of nitrogens with zero attached hydrogens (tertiary/aromatic N) is 3. The van der Waals surface area contributed by atoms with Crippen LogP contribution in [-0.4, -0.2) is 40.9 Å². The molecule has 1 aromatic heterocycles. The molecule has 1 heterocycles. The lowest BCUT2D eigenvalue weighted by Gasteiger charge is -2.25. The van der Waals surface area contributed by atoms with Gasteiger partial charge in [-0.1, -0.05) is 0 Å². The van der Waals surface area contributed by atoms with E-state index in [1.54, 1.807) is 6.20 Å². The highest BCUT2D eigenvalue weighted by Crippen LogP contribution is 2.13. The molecule has 6 heteroatoms. The Morgan fingerprint density at radius 3 is 2.71 bits per heavy atom. The number of nitrogen functional groups attached to an aromatic ring is 1. The molecule has 1 rings (SSSR count). The largest absolute Gasteiger partial charge is 0.382 e. The summed E-state index contributed by atoms with van der Waals surface area (Å²) in [7, 11) is 2.00. The van der Waals surface area contributed by atoms with Crippen LogP contribution in [0.25, 0.3) is 0 Å². The second-order valence-electron chi connectivity index (χ2n) is 3.91. The molecule has 0 spiro atoms. The zero-order valence-corrected chi connectivity index (χ0v) is 11.3. The van der Waals surface area contributed by atoms with Gasteiger partial charge >= 0.3 is 0 Å². The van der Waals surface area contributed by atoms with Crippen LogP contribution in [0.2, 0.25) is 0 Å². The first kappa shape index (κ1) is 13.8. The Balaban J connectivity index is 2.68. The summed E-state index contributed by atoms with van der Waals surface area (Å²) in [6, 6.07) is 0.417. The monoisotopic (exact) mass is 253 g/mol. The van der Waals surface area contributed by atoms with E-state index in [1.165, 1.54) is 6.20 Å². The molecule has 0 aliphatic rings. The third-order valence-electron chi connectivity index (χ3n) is 2.68. The quantitative estimate of drug-likeness (QED) is 0.591. The van der Waals surface area contributed by atoms with Crippen molar-refractivity contribution in [3.63, 3.8) is 0 Å². The van der Waals surface area contributed by atoms with Crippen LogP contribution in [0.15, 0.2) is 12.4 Å². The van der Waals surface area contributed by atoms with Crippen LogP contribution in [0.1, 0.15) is 19.0 Å². The Labute approximate surface area is 106 Å². The summed E-state index contributed by atoms with van der Waals surface area (Å²) in [4.78, 5) is 10.5. The standard InChI is InChI=1S/C11H19N5S/c1-8(4-5-17-3)16(2)10-7-14-9(6-15-10)11(12)13/h6-8H,4-5H2,1-3H3,(H3,12,13). The first-order valence-corrected chi connectivity index (χ1v) is 6.84. The Kier molecular flexibility index (Phi) is 5.21. The summed E-state index contributed by atoms with van der Waals surface area (Å²) in [5, 5.41) is 7.25. The van der Waals surface area contributed by atoms with Gasteiger partial charge in [-0.3, -0.25) is 5.41 Å². The Bertz CT molecular complexity index is 365. The van der Waals surface area contributed by atoms with Gasteiger partial charge < -0.3 is 10.6 Å². The van der Waals surface area contributed by atoms with Crippen molar-refractivity contribution in [2.24, 2.45) is 5.73 Å². The second kappa shape index (κ2) is 6.44. The van der Waals surface area contributed by atoms with Crippen molar-refractivity contribution in [3.8, 4) is 0 Å². The SMILES string of the molecule is CSCCC(C)N(C)c1cnc(C(=N)N)cn1. The zero-order valence-electron chi connectivity index (χ0n) is 10.5. The molecule has 94 valence electrons. The molecule has 0 bridgehead atoms. The van der Waals surface area contributed by atoms with Crippen LogP contribution in [0.4, 0.5) is 5.82 Å². The van der Waals surface area contributed by atoms with Crippen LogP contribution < -0.4 is 10.6 Å². The molecule has 3 N–H and O–H groups in total. The minimum absolute atomic E-state index is 0.0536. The van der Waals surface area contributed by atoms with Crippen LogP contribution >= 0.6 is 11.8 Å². The van der Waals surface area contributed by atoms with Crippen LogP contribution in [0.3, 0.4) is 0 Å². The molecule has 0 aliphatic heterocycles. The highest BCUT2D eigenvalue weighted by atomic mass is 32.2. The summed E-state index contributed by atoms with van der Waals surface area (Å²) in [5.74, 6) is 1.88. The van der Waals surface area contributed by atoms with Crippen molar-refractivity contribution < 1.29 is 0 Å². The molecule has 1 atom stereocenters. The molecule has 1 unspecified atom stereocenters. The number of thioether (sulfide) groups is 1. The average Bonchev–Trinajstić information content (AvgIpc) is 2.35. The minimum atomic E-state index is -0.0536. The van der Waals surface area contributed by atoms with Gasteiger partial charge in [0.25, 0.3) is 0 Å². The summed E-state index contributed by atoms with van der Waals surface area (Å²) < 4.78 is 0. The molecule has 0 aliphatic carbocycles. The van der Waals surface area contributed by atoms with E-state index < -0.39 is 0 Å². The van der Waals surface area contributed by atoms with E-state index in [0.717, 1.165) is 18.0 Å². The summed E-state index contributed by atoms with van der Waals surface area (Å²) in [6.45, 7) is 2.16. The minimum Gasteiger partial charge on any atom is -0.382 e. The Morgan fingerprint density at radius 2 is 2.24 bits per heavy atom. The van der Waals surface area contributed by atoms with Gasteiger partial charge in [-0.25, -0.2) is 9.97 Å². The molecule has 0 fully saturated rings. The molecule has 0 saturated carbocycles.